The van der Waals surface area contributed by atoms with E-state index in [9.17, 15) is 4.39 Å². The van der Waals surface area contributed by atoms with Crippen LogP contribution in [0.25, 0.3) is 11.4 Å². The van der Waals surface area contributed by atoms with Gasteiger partial charge in [0.25, 0.3) is 0 Å². The largest absolute Gasteiger partial charge is 0.398 e. The lowest BCUT2D eigenvalue weighted by Gasteiger charge is -2.20. The van der Waals surface area contributed by atoms with Crippen LogP contribution in [0.2, 0.25) is 0 Å². The number of anilines is 1. The molecule has 0 saturated carbocycles. The fourth-order valence-corrected chi connectivity index (χ4v) is 1.54. The molecule has 0 aliphatic rings. The monoisotopic (exact) mass is 235 g/mol. The highest BCUT2D eigenvalue weighted by molar-refractivity contribution is 5.71. The minimum atomic E-state index is -0.374. The molecule has 2 rings (SSSR count). The maximum Gasteiger partial charge on any atom is 0.184 e. The van der Waals surface area contributed by atoms with Gasteiger partial charge < -0.3 is 5.73 Å². The van der Waals surface area contributed by atoms with Crippen LogP contribution in [-0.4, -0.2) is 20.2 Å². The molecule has 0 fully saturated rings. The standard InChI is InChI=1S/C11H14FN5/c1-11(2,3)17-10(14-15-16-17)8-5-4-7(12)6-9(8)13/h4-6H,13H2,1-3H3. The van der Waals surface area contributed by atoms with Crippen molar-refractivity contribution in [2.24, 2.45) is 0 Å². The SMILES string of the molecule is CC(C)(C)n1nnnc1-c1ccc(F)cc1N. The number of halogens is 1. The van der Waals surface area contributed by atoms with Crippen molar-refractivity contribution in [2.45, 2.75) is 26.3 Å². The molecule has 5 nitrogen and oxygen atoms in total. The first-order valence-corrected chi connectivity index (χ1v) is 5.24. The van der Waals surface area contributed by atoms with Crippen molar-refractivity contribution >= 4 is 5.69 Å². The molecule has 0 unspecified atom stereocenters. The first kappa shape index (κ1) is 11.5. The lowest BCUT2D eigenvalue weighted by Crippen LogP contribution is -2.24. The quantitative estimate of drug-likeness (QED) is 0.765. The third-order valence-electron chi connectivity index (χ3n) is 2.36. The summed E-state index contributed by atoms with van der Waals surface area (Å²) in [7, 11) is 0. The molecule has 2 aromatic rings. The molecule has 0 aliphatic heterocycles. The lowest BCUT2D eigenvalue weighted by molar-refractivity contribution is 0.351. The van der Waals surface area contributed by atoms with E-state index in [-0.39, 0.29) is 11.4 Å². The zero-order valence-electron chi connectivity index (χ0n) is 9.98. The number of rotatable bonds is 1. The molecule has 1 heterocycles. The maximum atomic E-state index is 13.0. The summed E-state index contributed by atoms with van der Waals surface area (Å²) in [6.07, 6.45) is 0. The molecule has 2 N–H and O–H groups in total. The van der Waals surface area contributed by atoms with Crippen molar-refractivity contribution in [3.63, 3.8) is 0 Å². The van der Waals surface area contributed by atoms with Crippen molar-refractivity contribution in [3.05, 3.63) is 24.0 Å². The van der Waals surface area contributed by atoms with Gasteiger partial charge in [0.1, 0.15) is 5.82 Å². The predicted octanol–water partition coefficient (Wildman–Crippen LogP) is 1.82. The summed E-state index contributed by atoms with van der Waals surface area (Å²) in [6, 6.07) is 4.18. The summed E-state index contributed by atoms with van der Waals surface area (Å²) in [5.74, 6) is 0.163. The van der Waals surface area contributed by atoms with Crippen LogP contribution in [0.4, 0.5) is 10.1 Å². The van der Waals surface area contributed by atoms with Crippen molar-refractivity contribution in [2.75, 3.05) is 5.73 Å². The van der Waals surface area contributed by atoms with Crippen LogP contribution >= 0.6 is 0 Å². The first-order valence-electron chi connectivity index (χ1n) is 5.24. The molecule has 0 saturated heterocycles. The van der Waals surface area contributed by atoms with E-state index in [1.807, 2.05) is 20.8 Å². The van der Waals surface area contributed by atoms with Gasteiger partial charge in [-0.15, -0.1) is 5.10 Å². The Labute approximate surface area is 98.4 Å². The third kappa shape index (κ3) is 2.11. The van der Waals surface area contributed by atoms with Crippen molar-refractivity contribution < 1.29 is 4.39 Å². The summed E-state index contributed by atoms with van der Waals surface area (Å²) in [4.78, 5) is 0. The highest BCUT2D eigenvalue weighted by Crippen LogP contribution is 2.27. The zero-order valence-corrected chi connectivity index (χ0v) is 9.98. The first-order chi connectivity index (χ1) is 7.89. The minimum absolute atomic E-state index is 0.264. The van der Waals surface area contributed by atoms with E-state index in [1.54, 1.807) is 10.7 Å². The molecular weight excluding hydrogens is 221 g/mol. The average molecular weight is 235 g/mol. The van der Waals surface area contributed by atoms with Gasteiger partial charge in [-0.05, 0) is 49.4 Å². The van der Waals surface area contributed by atoms with Crippen molar-refractivity contribution in [1.29, 1.82) is 0 Å². The number of nitrogens with two attached hydrogens (primary N) is 1. The topological polar surface area (TPSA) is 69.6 Å². The Hall–Kier alpha value is -1.98. The van der Waals surface area contributed by atoms with Crippen LogP contribution in [0, 0.1) is 5.82 Å². The molecule has 1 aromatic carbocycles. The predicted molar refractivity (Wildman–Crippen MR) is 62.6 cm³/mol. The van der Waals surface area contributed by atoms with Crippen LogP contribution in [0.1, 0.15) is 20.8 Å². The van der Waals surface area contributed by atoms with E-state index < -0.39 is 0 Å². The third-order valence-corrected chi connectivity index (χ3v) is 2.36. The van der Waals surface area contributed by atoms with Gasteiger partial charge in [-0.3, -0.25) is 0 Å². The van der Waals surface area contributed by atoms with Crippen LogP contribution in [-0.2, 0) is 5.54 Å². The van der Waals surface area contributed by atoms with Crippen molar-refractivity contribution in [1.82, 2.24) is 20.2 Å². The normalized spacial score (nSPS) is 11.8. The number of hydrogen-bond donors (Lipinski definition) is 1. The van der Waals surface area contributed by atoms with Gasteiger partial charge >= 0.3 is 0 Å². The molecular formula is C11H14FN5. The van der Waals surface area contributed by atoms with Gasteiger partial charge in [0, 0.05) is 11.3 Å². The van der Waals surface area contributed by atoms with Crippen LogP contribution in [0.15, 0.2) is 18.2 Å². The Morgan fingerprint density at radius 1 is 1.29 bits per heavy atom. The van der Waals surface area contributed by atoms with Crippen LogP contribution in [0.5, 0.6) is 0 Å². The van der Waals surface area contributed by atoms with Crippen LogP contribution in [0.3, 0.4) is 0 Å². The minimum Gasteiger partial charge on any atom is -0.398 e. The van der Waals surface area contributed by atoms with E-state index in [4.69, 9.17) is 5.73 Å². The molecule has 1 aromatic heterocycles. The Morgan fingerprint density at radius 3 is 2.59 bits per heavy atom. The van der Waals surface area contributed by atoms with Crippen LogP contribution < -0.4 is 5.73 Å². The maximum absolute atomic E-state index is 13.0. The summed E-state index contributed by atoms with van der Waals surface area (Å²) >= 11 is 0. The number of nitrogen functional groups attached to an aromatic ring is 1. The molecule has 0 amide bonds. The van der Waals surface area contributed by atoms with Gasteiger partial charge in [0.05, 0.1) is 5.54 Å². The molecule has 0 spiro atoms. The molecule has 17 heavy (non-hydrogen) atoms. The van der Waals surface area contributed by atoms with Gasteiger partial charge in [0.2, 0.25) is 0 Å². The number of hydrogen-bond acceptors (Lipinski definition) is 4. The molecule has 0 aliphatic carbocycles. The highest BCUT2D eigenvalue weighted by atomic mass is 19.1. The van der Waals surface area contributed by atoms with Gasteiger partial charge in [0.15, 0.2) is 5.82 Å². The molecule has 0 atom stereocenters. The fourth-order valence-electron chi connectivity index (χ4n) is 1.54. The van der Waals surface area contributed by atoms with E-state index >= 15 is 0 Å². The Morgan fingerprint density at radius 2 is 2.00 bits per heavy atom. The van der Waals surface area contributed by atoms with Crippen molar-refractivity contribution in [3.8, 4) is 11.4 Å². The second kappa shape index (κ2) is 3.80. The number of aromatic nitrogens is 4. The van der Waals surface area contributed by atoms with Gasteiger partial charge in [-0.2, -0.15) is 0 Å². The van der Waals surface area contributed by atoms with Gasteiger partial charge in [-0.25, -0.2) is 9.07 Å². The molecule has 0 radical (unpaired) electrons. The van der Waals surface area contributed by atoms with Gasteiger partial charge in [-0.1, -0.05) is 0 Å². The Bertz CT molecular complexity index is 541. The number of nitrogens with zero attached hydrogens (tertiary/aromatic N) is 4. The summed E-state index contributed by atoms with van der Waals surface area (Å²) in [5, 5.41) is 11.5. The average Bonchev–Trinajstić information content (AvgIpc) is 2.65. The molecule has 6 heteroatoms. The summed E-state index contributed by atoms with van der Waals surface area (Å²) in [5.41, 5.74) is 6.47. The molecule has 90 valence electrons. The highest BCUT2D eigenvalue weighted by Gasteiger charge is 2.21. The zero-order chi connectivity index (χ0) is 12.6. The fraction of sp³-hybridized carbons (Fsp3) is 0.364. The van der Waals surface area contributed by atoms with E-state index in [2.05, 4.69) is 15.5 Å². The second-order valence-corrected chi connectivity index (χ2v) is 4.82. The summed E-state index contributed by atoms with van der Waals surface area (Å²) < 4.78 is 14.6. The van der Waals surface area contributed by atoms with E-state index in [0.29, 0.717) is 17.1 Å². The summed E-state index contributed by atoms with van der Waals surface area (Å²) in [6.45, 7) is 5.94. The van der Waals surface area contributed by atoms with E-state index in [0.717, 1.165) is 0 Å². The lowest BCUT2D eigenvalue weighted by atomic mass is 10.1. The smallest absolute Gasteiger partial charge is 0.184 e. The Kier molecular flexibility index (Phi) is 2.57. The molecule has 0 bridgehead atoms. The van der Waals surface area contributed by atoms with E-state index in [1.165, 1.54) is 12.1 Å². The Balaban J connectivity index is 2.58. The number of benzene rings is 1. The second-order valence-electron chi connectivity index (χ2n) is 4.82. The number of tetrazole rings is 1.